The van der Waals surface area contributed by atoms with Crippen LogP contribution >= 0.6 is 0 Å². The topological polar surface area (TPSA) is 46.3 Å². The molecule has 0 radical (unpaired) electrons. The average molecular weight is 260 g/mol. The van der Waals surface area contributed by atoms with Crippen LogP contribution in [0, 0.1) is 0 Å². The van der Waals surface area contributed by atoms with Gasteiger partial charge in [0, 0.05) is 19.6 Å². The molecule has 0 unspecified atom stereocenters. The maximum Gasteiger partial charge on any atom is 0.227 e. The molecule has 1 heterocycles. The Hall–Kier alpha value is -1.35. The molecule has 0 saturated carbocycles. The molecular formula is C16H24N2O. The Labute approximate surface area is 115 Å². The van der Waals surface area contributed by atoms with Gasteiger partial charge < -0.3 is 10.6 Å². The summed E-state index contributed by atoms with van der Waals surface area (Å²) in [4.78, 5) is 14.4. The van der Waals surface area contributed by atoms with Crippen LogP contribution in [0.4, 0.5) is 0 Å². The highest BCUT2D eigenvalue weighted by atomic mass is 16.2. The highest BCUT2D eigenvalue weighted by Gasteiger charge is 2.16. The van der Waals surface area contributed by atoms with Gasteiger partial charge in [0.1, 0.15) is 0 Å². The quantitative estimate of drug-likeness (QED) is 0.907. The fourth-order valence-electron chi connectivity index (χ4n) is 2.70. The van der Waals surface area contributed by atoms with Crippen molar-refractivity contribution in [3.63, 3.8) is 0 Å². The molecular weight excluding hydrogens is 236 g/mol. The minimum absolute atomic E-state index is 0.253. The molecule has 0 aliphatic carbocycles. The summed E-state index contributed by atoms with van der Waals surface area (Å²) in [5, 5.41) is 0. The van der Waals surface area contributed by atoms with E-state index in [2.05, 4.69) is 0 Å². The first-order chi connectivity index (χ1) is 9.31. The van der Waals surface area contributed by atoms with Crippen LogP contribution in [-0.4, -0.2) is 23.9 Å². The Morgan fingerprint density at radius 3 is 2.21 bits per heavy atom. The first-order valence-electron chi connectivity index (χ1n) is 7.36. The Bertz CT molecular complexity index is 409. The van der Waals surface area contributed by atoms with Crippen molar-refractivity contribution >= 4 is 5.91 Å². The van der Waals surface area contributed by atoms with E-state index in [4.69, 9.17) is 5.73 Å². The normalized spacial score (nSPS) is 16.8. The van der Waals surface area contributed by atoms with E-state index in [1.165, 1.54) is 19.3 Å². The van der Waals surface area contributed by atoms with E-state index in [9.17, 15) is 4.79 Å². The van der Waals surface area contributed by atoms with E-state index in [-0.39, 0.29) is 5.91 Å². The monoisotopic (exact) mass is 260 g/mol. The molecule has 1 amide bonds. The summed E-state index contributed by atoms with van der Waals surface area (Å²) in [6.45, 7) is 2.34. The lowest BCUT2D eigenvalue weighted by Crippen LogP contribution is -2.35. The molecule has 1 aliphatic heterocycles. The molecule has 104 valence electrons. The van der Waals surface area contributed by atoms with Crippen LogP contribution in [0.15, 0.2) is 24.3 Å². The van der Waals surface area contributed by atoms with Crippen molar-refractivity contribution in [1.29, 1.82) is 0 Å². The fourth-order valence-corrected chi connectivity index (χ4v) is 2.70. The van der Waals surface area contributed by atoms with Gasteiger partial charge in [0.05, 0.1) is 6.42 Å². The zero-order valence-electron chi connectivity index (χ0n) is 11.6. The van der Waals surface area contributed by atoms with Crippen LogP contribution in [-0.2, 0) is 17.8 Å². The lowest BCUT2D eigenvalue weighted by Gasteiger charge is -2.25. The second-order valence-corrected chi connectivity index (χ2v) is 5.30. The highest BCUT2D eigenvalue weighted by molar-refractivity contribution is 5.79. The van der Waals surface area contributed by atoms with E-state index in [0.29, 0.717) is 13.0 Å². The minimum atomic E-state index is 0.253. The maximum absolute atomic E-state index is 12.4. The Balaban J connectivity index is 1.98. The summed E-state index contributed by atoms with van der Waals surface area (Å²) < 4.78 is 0. The SMILES string of the molecule is NCc1ccccc1CC(=O)N1CCCCCCC1. The average Bonchev–Trinajstić information content (AvgIpc) is 2.38. The van der Waals surface area contributed by atoms with Gasteiger partial charge >= 0.3 is 0 Å². The molecule has 1 aromatic carbocycles. The van der Waals surface area contributed by atoms with E-state index in [0.717, 1.165) is 37.1 Å². The molecule has 19 heavy (non-hydrogen) atoms. The van der Waals surface area contributed by atoms with Crippen LogP contribution in [0.1, 0.15) is 43.2 Å². The summed E-state index contributed by atoms with van der Waals surface area (Å²) in [6, 6.07) is 7.99. The van der Waals surface area contributed by atoms with Gasteiger partial charge in [-0.15, -0.1) is 0 Å². The molecule has 0 aromatic heterocycles. The number of carbonyl (C=O) groups excluding carboxylic acids is 1. The van der Waals surface area contributed by atoms with Gasteiger partial charge in [-0.3, -0.25) is 4.79 Å². The van der Waals surface area contributed by atoms with Crippen molar-refractivity contribution in [2.24, 2.45) is 5.73 Å². The fraction of sp³-hybridized carbons (Fsp3) is 0.562. The molecule has 2 rings (SSSR count). The number of hydrogen-bond acceptors (Lipinski definition) is 2. The Kier molecular flexibility index (Phi) is 5.40. The number of benzene rings is 1. The summed E-state index contributed by atoms with van der Waals surface area (Å²) in [5.41, 5.74) is 7.89. The number of rotatable bonds is 3. The van der Waals surface area contributed by atoms with Gasteiger partial charge in [0.15, 0.2) is 0 Å². The molecule has 0 spiro atoms. The smallest absolute Gasteiger partial charge is 0.227 e. The molecule has 1 fully saturated rings. The van der Waals surface area contributed by atoms with Gasteiger partial charge in [-0.2, -0.15) is 0 Å². The molecule has 3 nitrogen and oxygen atoms in total. The van der Waals surface area contributed by atoms with E-state index >= 15 is 0 Å². The predicted molar refractivity (Wildman–Crippen MR) is 77.7 cm³/mol. The largest absolute Gasteiger partial charge is 0.342 e. The zero-order valence-corrected chi connectivity index (χ0v) is 11.6. The van der Waals surface area contributed by atoms with Crippen molar-refractivity contribution in [2.75, 3.05) is 13.1 Å². The predicted octanol–water partition coefficient (Wildman–Crippen LogP) is 2.48. The van der Waals surface area contributed by atoms with Crippen molar-refractivity contribution in [2.45, 2.75) is 45.1 Å². The first-order valence-corrected chi connectivity index (χ1v) is 7.36. The maximum atomic E-state index is 12.4. The first kappa shape index (κ1) is 14.1. The number of nitrogens with zero attached hydrogens (tertiary/aromatic N) is 1. The third kappa shape index (κ3) is 4.06. The van der Waals surface area contributed by atoms with E-state index < -0.39 is 0 Å². The van der Waals surface area contributed by atoms with E-state index in [1.807, 2.05) is 29.2 Å². The van der Waals surface area contributed by atoms with Gasteiger partial charge in [-0.05, 0) is 24.0 Å². The third-order valence-electron chi connectivity index (χ3n) is 3.89. The number of amides is 1. The number of carbonyl (C=O) groups is 1. The molecule has 0 bridgehead atoms. The molecule has 2 N–H and O–H groups in total. The van der Waals surface area contributed by atoms with Crippen LogP contribution in [0.25, 0.3) is 0 Å². The van der Waals surface area contributed by atoms with Crippen molar-refractivity contribution < 1.29 is 4.79 Å². The second-order valence-electron chi connectivity index (χ2n) is 5.30. The van der Waals surface area contributed by atoms with Crippen LogP contribution < -0.4 is 5.73 Å². The second kappa shape index (κ2) is 7.29. The number of nitrogens with two attached hydrogens (primary N) is 1. The Morgan fingerprint density at radius 1 is 1.00 bits per heavy atom. The molecule has 1 aliphatic rings. The van der Waals surface area contributed by atoms with E-state index in [1.54, 1.807) is 0 Å². The zero-order chi connectivity index (χ0) is 13.5. The number of likely N-dealkylation sites (tertiary alicyclic amines) is 1. The van der Waals surface area contributed by atoms with Crippen molar-refractivity contribution in [1.82, 2.24) is 4.90 Å². The van der Waals surface area contributed by atoms with Crippen molar-refractivity contribution in [3.8, 4) is 0 Å². The minimum Gasteiger partial charge on any atom is -0.342 e. The summed E-state index contributed by atoms with van der Waals surface area (Å²) in [6.07, 6.45) is 6.60. The van der Waals surface area contributed by atoms with Gasteiger partial charge in [0.2, 0.25) is 5.91 Å². The lowest BCUT2D eigenvalue weighted by atomic mass is 10.0. The van der Waals surface area contributed by atoms with Gasteiger partial charge in [-0.1, -0.05) is 43.5 Å². The molecule has 0 atom stereocenters. The van der Waals surface area contributed by atoms with Gasteiger partial charge in [0.25, 0.3) is 0 Å². The standard InChI is InChI=1S/C16H24N2O/c17-13-15-9-5-4-8-14(15)12-16(19)18-10-6-2-1-3-7-11-18/h4-5,8-9H,1-3,6-7,10-13,17H2. The lowest BCUT2D eigenvalue weighted by molar-refractivity contribution is -0.130. The van der Waals surface area contributed by atoms with Gasteiger partial charge in [-0.25, -0.2) is 0 Å². The molecule has 3 heteroatoms. The van der Waals surface area contributed by atoms with Crippen LogP contribution in [0.5, 0.6) is 0 Å². The Morgan fingerprint density at radius 2 is 1.58 bits per heavy atom. The van der Waals surface area contributed by atoms with Crippen LogP contribution in [0.2, 0.25) is 0 Å². The molecule has 1 aromatic rings. The summed E-state index contributed by atoms with van der Waals surface area (Å²) >= 11 is 0. The van der Waals surface area contributed by atoms with Crippen LogP contribution in [0.3, 0.4) is 0 Å². The third-order valence-corrected chi connectivity index (χ3v) is 3.89. The molecule has 1 saturated heterocycles. The number of hydrogen-bond donors (Lipinski definition) is 1. The van der Waals surface area contributed by atoms with Crippen molar-refractivity contribution in [3.05, 3.63) is 35.4 Å². The summed E-state index contributed by atoms with van der Waals surface area (Å²) in [5.74, 6) is 0.253. The highest BCUT2D eigenvalue weighted by Crippen LogP contribution is 2.14. The summed E-state index contributed by atoms with van der Waals surface area (Å²) in [7, 11) is 0.